The maximum Gasteiger partial charge on any atom is 0.338 e. The Hall–Kier alpha value is -3.23. The molecule has 6 rings (SSSR count). The number of carbonyl (C=O) groups is 2. The zero-order chi connectivity index (χ0) is 25.9. The quantitative estimate of drug-likeness (QED) is 0.225. The van der Waals surface area contributed by atoms with Crippen LogP contribution in [0.1, 0.15) is 34.9 Å². The maximum absolute atomic E-state index is 13.5. The lowest BCUT2D eigenvalue weighted by Gasteiger charge is -2.51. The van der Waals surface area contributed by atoms with Gasteiger partial charge in [0.15, 0.2) is 0 Å². The second-order valence-corrected chi connectivity index (χ2v) is 10.2. The molecule has 1 amide bonds. The summed E-state index contributed by atoms with van der Waals surface area (Å²) in [6.07, 6.45) is 5.41. The van der Waals surface area contributed by atoms with E-state index in [0.717, 1.165) is 48.1 Å². The lowest BCUT2D eigenvalue weighted by molar-refractivity contribution is -0.113. The summed E-state index contributed by atoms with van der Waals surface area (Å²) in [6.45, 7) is 5.94. The summed E-state index contributed by atoms with van der Waals surface area (Å²) < 4.78 is 11.8. The van der Waals surface area contributed by atoms with Crippen LogP contribution in [-0.4, -0.2) is 53.3 Å². The van der Waals surface area contributed by atoms with Crippen molar-refractivity contribution >= 4 is 44.4 Å². The van der Waals surface area contributed by atoms with E-state index in [0.29, 0.717) is 23.1 Å². The van der Waals surface area contributed by atoms with Crippen LogP contribution in [0.4, 0.5) is 5.69 Å². The summed E-state index contributed by atoms with van der Waals surface area (Å²) in [5, 5.41) is 3.88. The number of carbonyl (C=O) groups excluding carboxylic acids is 2. The van der Waals surface area contributed by atoms with E-state index in [1.165, 1.54) is 0 Å². The smallest absolute Gasteiger partial charge is 0.338 e. The first kappa shape index (κ1) is 25.4. The number of esters is 1. The zero-order valence-electron chi connectivity index (χ0n) is 20.7. The third-order valence-corrected chi connectivity index (χ3v) is 8.06. The standard InChI is InChI=1S/C29H30BrN3O4/c1-3-18-17-33-13-11-20(18)14-26(33)28(23-10-12-31-25-9-8-22(36-2)15-24(23)25)37-29(35)19-4-6-21(7-5-19)32-27(34)16-30/h3-10,12,15,18,20,26,28H,1,11,13-14,16-17H2,2H3,(H,32,34)/t18-,20+,26?,28+/m0/s1. The Labute approximate surface area is 225 Å². The molecule has 2 bridgehead atoms. The van der Waals surface area contributed by atoms with Crippen molar-refractivity contribution in [1.29, 1.82) is 0 Å². The van der Waals surface area contributed by atoms with Crippen LogP contribution in [0.5, 0.6) is 5.75 Å². The van der Waals surface area contributed by atoms with Crippen LogP contribution in [0.25, 0.3) is 10.9 Å². The number of nitrogens with zero attached hydrogens (tertiary/aromatic N) is 2. The van der Waals surface area contributed by atoms with Gasteiger partial charge in [-0.05, 0) is 79.8 Å². The van der Waals surface area contributed by atoms with Crippen molar-refractivity contribution in [3.05, 3.63) is 78.5 Å². The van der Waals surface area contributed by atoms with E-state index in [4.69, 9.17) is 9.47 Å². The highest BCUT2D eigenvalue weighted by Gasteiger charge is 2.44. The second kappa shape index (κ2) is 11.0. The van der Waals surface area contributed by atoms with Crippen molar-refractivity contribution in [2.24, 2.45) is 11.8 Å². The maximum atomic E-state index is 13.5. The van der Waals surface area contributed by atoms with Crippen molar-refractivity contribution in [3.63, 3.8) is 0 Å². The van der Waals surface area contributed by atoms with Crippen LogP contribution >= 0.6 is 15.9 Å². The molecule has 5 atom stereocenters. The monoisotopic (exact) mass is 563 g/mol. The molecule has 0 aliphatic carbocycles. The number of pyridine rings is 1. The first-order chi connectivity index (χ1) is 18.0. The van der Waals surface area contributed by atoms with Gasteiger partial charge in [0.2, 0.25) is 5.91 Å². The number of piperidine rings is 3. The van der Waals surface area contributed by atoms with Crippen molar-refractivity contribution in [1.82, 2.24) is 9.88 Å². The number of ether oxygens (including phenoxy) is 2. The fraction of sp³-hybridized carbons (Fsp3) is 0.345. The molecule has 3 saturated heterocycles. The number of hydrogen-bond donors (Lipinski definition) is 1. The Bertz CT molecular complexity index is 1310. The summed E-state index contributed by atoms with van der Waals surface area (Å²) in [4.78, 5) is 32.1. The Morgan fingerprint density at radius 1 is 1.24 bits per heavy atom. The van der Waals surface area contributed by atoms with Crippen LogP contribution in [0, 0.1) is 11.8 Å². The third kappa shape index (κ3) is 5.26. The van der Waals surface area contributed by atoms with Gasteiger partial charge >= 0.3 is 5.97 Å². The molecule has 0 saturated carbocycles. The number of rotatable bonds is 8. The van der Waals surface area contributed by atoms with Crippen LogP contribution in [0.3, 0.4) is 0 Å². The van der Waals surface area contributed by atoms with Gasteiger partial charge in [0.25, 0.3) is 0 Å². The van der Waals surface area contributed by atoms with Crippen molar-refractivity contribution in [2.75, 3.05) is 30.8 Å². The molecule has 7 nitrogen and oxygen atoms in total. The second-order valence-electron chi connectivity index (χ2n) is 9.61. The minimum absolute atomic E-state index is 0.0493. The minimum atomic E-state index is -0.480. The Morgan fingerprint density at radius 2 is 2.05 bits per heavy atom. The van der Waals surface area contributed by atoms with Gasteiger partial charge in [-0.25, -0.2) is 4.79 Å². The molecule has 2 aromatic carbocycles. The summed E-state index contributed by atoms with van der Waals surface area (Å²) in [6, 6.07) is 14.5. The molecule has 192 valence electrons. The van der Waals surface area contributed by atoms with E-state index in [1.807, 2.05) is 24.3 Å². The molecule has 1 N–H and O–H groups in total. The molecule has 8 heteroatoms. The predicted octanol–water partition coefficient (Wildman–Crippen LogP) is 5.37. The number of halogens is 1. The van der Waals surface area contributed by atoms with Gasteiger partial charge < -0.3 is 14.8 Å². The molecule has 3 aliphatic rings. The predicted molar refractivity (Wildman–Crippen MR) is 147 cm³/mol. The number of methoxy groups -OCH3 is 1. The SMILES string of the molecule is C=C[C@H]1C[N@@]2CC[C@@H]1CC2[C@H](OC(=O)c1ccc(NC(=O)CBr)cc1)c1ccnc2ccc(OC)cc12. The fourth-order valence-corrected chi connectivity index (χ4v) is 5.77. The first-order valence-corrected chi connectivity index (χ1v) is 13.6. The number of nitrogens with one attached hydrogen (secondary N) is 1. The highest BCUT2D eigenvalue weighted by atomic mass is 79.9. The molecule has 37 heavy (non-hydrogen) atoms. The highest BCUT2D eigenvalue weighted by molar-refractivity contribution is 9.09. The molecule has 0 spiro atoms. The van der Waals surface area contributed by atoms with E-state index in [9.17, 15) is 9.59 Å². The van der Waals surface area contributed by atoms with Gasteiger partial charge in [-0.3, -0.25) is 14.7 Å². The van der Waals surface area contributed by atoms with Crippen molar-refractivity contribution in [3.8, 4) is 5.75 Å². The van der Waals surface area contributed by atoms with E-state index in [2.05, 4.69) is 43.8 Å². The average molecular weight is 564 g/mol. The van der Waals surface area contributed by atoms with Crippen molar-refractivity contribution < 1.29 is 19.1 Å². The molecule has 4 heterocycles. The Kier molecular flexibility index (Phi) is 7.58. The summed E-state index contributed by atoms with van der Waals surface area (Å²) in [5.41, 5.74) is 2.80. The van der Waals surface area contributed by atoms with Crippen molar-refractivity contribution in [2.45, 2.75) is 25.0 Å². The van der Waals surface area contributed by atoms with E-state index in [1.54, 1.807) is 37.6 Å². The van der Waals surface area contributed by atoms with E-state index < -0.39 is 12.1 Å². The lowest BCUT2D eigenvalue weighted by atomic mass is 9.73. The van der Waals surface area contributed by atoms with Gasteiger partial charge in [-0.15, -0.1) is 6.58 Å². The molecular formula is C29H30BrN3O4. The summed E-state index contributed by atoms with van der Waals surface area (Å²) >= 11 is 3.14. The number of amides is 1. The van der Waals surface area contributed by atoms with Crippen LogP contribution in [-0.2, 0) is 9.53 Å². The fourth-order valence-electron chi connectivity index (χ4n) is 5.63. The van der Waals surface area contributed by atoms with Gasteiger partial charge in [0, 0.05) is 29.4 Å². The number of anilines is 1. The Morgan fingerprint density at radius 3 is 2.73 bits per heavy atom. The molecular weight excluding hydrogens is 534 g/mol. The lowest BCUT2D eigenvalue weighted by Crippen LogP contribution is -2.55. The number of aromatic nitrogens is 1. The van der Waals surface area contributed by atoms with Gasteiger partial charge in [-0.2, -0.15) is 0 Å². The topological polar surface area (TPSA) is 80.8 Å². The summed E-state index contributed by atoms with van der Waals surface area (Å²) in [5.74, 6) is 1.14. The summed E-state index contributed by atoms with van der Waals surface area (Å²) in [7, 11) is 1.64. The molecule has 3 aliphatic heterocycles. The normalized spacial score (nSPS) is 23.3. The first-order valence-electron chi connectivity index (χ1n) is 12.5. The molecule has 3 fully saturated rings. The molecule has 3 aromatic rings. The van der Waals surface area contributed by atoms with E-state index >= 15 is 0 Å². The van der Waals surface area contributed by atoms with Crippen LogP contribution in [0.2, 0.25) is 0 Å². The van der Waals surface area contributed by atoms with Crippen LogP contribution in [0.15, 0.2) is 67.4 Å². The number of benzene rings is 2. The molecule has 0 radical (unpaired) electrons. The number of alkyl halides is 1. The van der Waals surface area contributed by atoms with Gasteiger partial charge in [-0.1, -0.05) is 22.0 Å². The number of hydrogen-bond acceptors (Lipinski definition) is 6. The zero-order valence-corrected chi connectivity index (χ0v) is 22.3. The van der Waals surface area contributed by atoms with E-state index in [-0.39, 0.29) is 17.3 Å². The van der Waals surface area contributed by atoms with Gasteiger partial charge in [0.1, 0.15) is 11.9 Å². The third-order valence-electron chi connectivity index (χ3n) is 7.55. The minimum Gasteiger partial charge on any atom is -0.497 e. The van der Waals surface area contributed by atoms with Crippen LogP contribution < -0.4 is 10.1 Å². The molecule has 1 aromatic heterocycles. The largest absolute Gasteiger partial charge is 0.497 e. The Balaban J connectivity index is 1.49. The van der Waals surface area contributed by atoms with Gasteiger partial charge in [0.05, 0.1) is 29.6 Å². The molecule has 1 unspecified atom stereocenters. The number of fused-ring (bicyclic) bond motifs is 4. The highest BCUT2D eigenvalue weighted by Crippen LogP contribution is 2.44. The average Bonchev–Trinajstić information content (AvgIpc) is 2.95.